The highest BCUT2D eigenvalue weighted by Crippen LogP contribution is 2.35. The van der Waals surface area contributed by atoms with E-state index in [1.165, 1.54) is 12.1 Å². The SMILES string of the molecule is CC(C)COc1c(Br)cc(C(=O)O)cc1Br. The monoisotopic (exact) mass is 350 g/mol. The van der Waals surface area contributed by atoms with Gasteiger partial charge in [-0.3, -0.25) is 0 Å². The fourth-order valence-electron chi connectivity index (χ4n) is 1.07. The molecule has 1 aromatic carbocycles. The normalized spacial score (nSPS) is 10.6. The van der Waals surface area contributed by atoms with Crippen molar-refractivity contribution in [3.63, 3.8) is 0 Å². The second kappa shape index (κ2) is 5.68. The number of hydrogen-bond donors (Lipinski definition) is 1. The molecule has 0 heterocycles. The molecule has 0 aromatic heterocycles. The lowest BCUT2D eigenvalue weighted by Crippen LogP contribution is -2.06. The van der Waals surface area contributed by atoms with Gasteiger partial charge in [0.2, 0.25) is 0 Å². The number of benzene rings is 1. The number of carbonyl (C=O) groups is 1. The summed E-state index contributed by atoms with van der Waals surface area (Å²) in [4.78, 5) is 10.8. The van der Waals surface area contributed by atoms with E-state index in [1.54, 1.807) is 0 Å². The van der Waals surface area contributed by atoms with Crippen molar-refractivity contribution in [3.05, 3.63) is 26.6 Å². The first-order valence-corrected chi connectivity index (χ1v) is 6.35. The second-order valence-electron chi connectivity index (χ2n) is 3.78. The van der Waals surface area contributed by atoms with Crippen LogP contribution in [-0.4, -0.2) is 17.7 Å². The van der Waals surface area contributed by atoms with Crippen LogP contribution < -0.4 is 4.74 Å². The number of carboxylic acid groups (broad SMARTS) is 1. The van der Waals surface area contributed by atoms with Crippen LogP contribution in [0.15, 0.2) is 21.1 Å². The van der Waals surface area contributed by atoms with Gasteiger partial charge in [0.1, 0.15) is 5.75 Å². The third-order valence-electron chi connectivity index (χ3n) is 1.81. The summed E-state index contributed by atoms with van der Waals surface area (Å²) in [6, 6.07) is 3.06. The smallest absolute Gasteiger partial charge is 0.335 e. The highest BCUT2D eigenvalue weighted by atomic mass is 79.9. The van der Waals surface area contributed by atoms with Crippen LogP contribution in [0.4, 0.5) is 0 Å². The van der Waals surface area contributed by atoms with E-state index < -0.39 is 5.97 Å². The quantitative estimate of drug-likeness (QED) is 0.893. The lowest BCUT2D eigenvalue weighted by molar-refractivity contribution is 0.0696. The molecule has 0 fully saturated rings. The molecular formula is C11H12Br2O3. The van der Waals surface area contributed by atoms with E-state index in [9.17, 15) is 4.79 Å². The van der Waals surface area contributed by atoms with Gasteiger partial charge in [0, 0.05) is 0 Å². The van der Waals surface area contributed by atoms with Crippen LogP contribution in [0.5, 0.6) is 5.75 Å². The van der Waals surface area contributed by atoms with Crippen LogP contribution in [0, 0.1) is 5.92 Å². The zero-order chi connectivity index (χ0) is 12.3. The summed E-state index contributed by atoms with van der Waals surface area (Å²) in [5, 5.41) is 8.86. The zero-order valence-electron chi connectivity index (χ0n) is 8.96. The van der Waals surface area contributed by atoms with Crippen LogP contribution in [0.1, 0.15) is 24.2 Å². The van der Waals surface area contributed by atoms with Gasteiger partial charge in [0.15, 0.2) is 0 Å². The summed E-state index contributed by atoms with van der Waals surface area (Å²) in [5.41, 5.74) is 0.218. The average Bonchev–Trinajstić information content (AvgIpc) is 2.15. The van der Waals surface area contributed by atoms with Gasteiger partial charge in [-0.1, -0.05) is 13.8 Å². The molecular weight excluding hydrogens is 340 g/mol. The fraction of sp³-hybridized carbons (Fsp3) is 0.364. The predicted molar refractivity (Wildman–Crippen MR) is 69.1 cm³/mol. The zero-order valence-corrected chi connectivity index (χ0v) is 12.1. The first-order chi connectivity index (χ1) is 7.41. The van der Waals surface area contributed by atoms with Gasteiger partial charge in [-0.2, -0.15) is 0 Å². The first-order valence-electron chi connectivity index (χ1n) is 4.77. The standard InChI is InChI=1S/C11H12Br2O3/c1-6(2)5-16-10-8(12)3-7(11(14)15)4-9(10)13/h3-4,6H,5H2,1-2H3,(H,14,15). The number of aromatic carboxylic acids is 1. The van der Waals surface area contributed by atoms with Crippen LogP contribution in [0.2, 0.25) is 0 Å². The van der Waals surface area contributed by atoms with E-state index in [-0.39, 0.29) is 5.56 Å². The largest absolute Gasteiger partial charge is 0.491 e. The van der Waals surface area contributed by atoms with Gasteiger partial charge in [-0.15, -0.1) is 0 Å². The Morgan fingerprint density at radius 2 is 1.88 bits per heavy atom. The molecule has 5 heteroatoms. The van der Waals surface area contributed by atoms with E-state index in [0.717, 1.165) is 0 Å². The van der Waals surface area contributed by atoms with Crippen molar-refractivity contribution in [1.29, 1.82) is 0 Å². The molecule has 1 N–H and O–H groups in total. The Labute approximate surface area is 111 Å². The minimum Gasteiger partial charge on any atom is -0.491 e. The van der Waals surface area contributed by atoms with Crippen molar-refractivity contribution in [2.75, 3.05) is 6.61 Å². The van der Waals surface area contributed by atoms with E-state index in [4.69, 9.17) is 9.84 Å². The van der Waals surface area contributed by atoms with Crippen molar-refractivity contribution in [2.24, 2.45) is 5.92 Å². The van der Waals surface area contributed by atoms with Crippen LogP contribution in [0.3, 0.4) is 0 Å². The maximum absolute atomic E-state index is 10.8. The van der Waals surface area contributed by atoms with Gasteiger partial charge in [0.25, 0.3) is 0 Å². The van der Waals surface area contributed by atoms with Crippen molar-refractivity contribution in [2.45, 2.75) is 13.8 Å². The summed E-state index contributed by atoms with van der Waals surface area (Å²) in [6.07, 6.45) is 0. The summed E-state index contributed by atoms with van der Waals surface area (Å²) in [6.45, 7) is 4.68. The molecule has 1 rings (SSSR count). The predicted octanol–water partition coefficient (Wildman–Crippen LogP) is 3.94. The Morgan fingerprint density at radius 1 is 1.38 bits per heavy atom. The Morgan fingerprint density at radius 3 is 2.25 bits per heavy atom. The minimum atomic E-state index is -0.961. The van der Waals surface area contributed by atoms with Crippen LogP contribution >= 0.6 is 31.9 Å². The van der Waals surface area contributed by atoms with Gasteiger partial charge in [0.05, 0.1) is 21.1 Å². The Hall–Kier alpha value is -0.550. The van der Waals surface area contributed by atoms with Crippen molar-refractivity contribution < 1.29 is 14.6 Å². The van der Waals surface area contributed by atoms with Gasteiger partial charge < -0.3 is 9.84 Å². The number of halogens is 2. The van der Waals surface area contributed by atoms with E-state index in [0.29, 0.717) is 27.2 Å². The lowest BCUT2D eigenvalue weighted by atomic mass is 10.2. The maximum atomic E-state index is 10.8. The molecule has 0 bridgehead atoms. The third kappa shape index (κ3) is 3.49. The third-order valence-corrected chi connectivity index (χ3v) is 2.98. The first kappa shape index (κ1) is 13.5. The maximum Gasteiger partial charge on any atom is 0.335 e. The molecule has 0 spiro atoms. The summed E-state index contributed by atoms with van der Waals surface area (Å²) >= 11 is 6.60. The van der Waals surface area contributed by atoms with Gasteiger partial charge in [-0.05, 0) is 49.9 Å². The molecule has 0 aliphatic carbocycles. The topological polar surface area (TPSA) is 46.5 Å². The number of carboxylic acids is 1. The number of ether oxygens (including phenoxy) is 1. The summed E-state index contributed by atoms with van der Waals surface area (Å²) in [7, 11) is 0. The molecule has 0 aliphatic rings. The molecule has 0 saturated carbocycles. The minimum absolute atomic E-state index is 0.218. The summed E-state index contributed by atoms with van der Waals surface area (Å²) < 4.78 is 6.85. The molecule has 16 heavy (non-hydrogen) atoms. The fourth-order valence-corrected chi connectivity index (χ4v) is 2.49. The molecule has 1 aromatic rings. The summed E-state index contributed by atoms with van der Waals surface area (Å²) in [5.74, 6) is 0.0912. The number of rotatable bonds is 4. The Balaban J connectivity index is 2.98. The van der Waals surface area contributed by atoms with E-state index in [2.05, 4.69) is 31.9 Å². The van der Waals surface area contributed by atoms with Crippen molar-refractivity contribution in [1.82, 2.24) is 0 Å². The Kier molecular flexibility index (Phi) is 4.80. The van der Waals surface area contributed by atoms with Gasteiger partial charge in [-0.25, -0.2) is 4.79 Å². The van der Waals surface area contributed by atoms with Crippen molar-refractivity contribution in [3.8, 4) is 5.75 Å². The molecule has 0 amide bonds. The lowest BCUT2D eigenvalue weighted by Gasteiger charge is -2.12. The number of hydrogen-bond acceptors (Lipinski definition) is 2. The molecule has 88 valence electrons. The molecule has 0 aliphatic heterocycles. The van der Waals surface area contributed by atoms with Crippen LogP contribution in [-0.2, 0) is 0 Å². The molecule has 3 nitrogen and oxygen atoms in total. The highest BCUT2D eigenvalue weighted by molar-refractivity contribution is 9.11. The van der Waals surface area contributed by atoms with E-state index in [1.807, 2.05) is 13.8 Å². The van der Waals surface area contributed by atoms with Crippen molar-refractivity contribution >= 4 is 37.8 Å². The second-order valence-corrected chi connectivity index (χ2v) is 5.49. The highest BCUT2D eigenvalue weighted by Gasteiger charge is 2.12. The van der Waals surface area contributed by atoms with Crippen LogP contribution in [0.25, 0.3) is 0 Å². The Bertz CT molecular complexity index is 379. The van der Waals surface area contributed by atoms with Gasteiger partial charge >= 0.3 is 5.97 Å². The van der Waals surface area contributed by atoms with E-state index >= 15 is 0 Å². The molecule has 0 radical (unpaired) electrons. The molecule has 0 saturated heterocycles. The molecule has 0 unspecified atom stereocenters. The molecule has 0 atom stereocenters. The average molecular weight is 352 g/mol.